The van der Waals surface area contributed by atoms with E-state index in [1.165, 1.54) is 0 Å². The first-order chi connectivity index (χ1) is 7.76. The van der Waals surface area contributed by atoms with Gasteiger partial charge in [0, 0.05) is 12.6 Å². The zero-order valence-electron chi connectivity index (χ0n) is 10.6. The molecule has 0 aliphatic carbocycles. The summed E-state index contributed by atoms with van der Waals surface area (Å²) < 4.78 is 4.87. The maximum Gasteiger partial charge on any atom is 0.240 e. The Balaban J connectivity index is 2.39. The maximum atomic E-state index is 11.6. The summed E-state index contributed by atoms with van der Waals surface area (Å²) in [4.78, 5) is 13.3. The van der Waals surface area contributed by atoms with Gasteiger partial charge in [-0.05, 0) is 27.8 Å². The van der Waals surface area contributed by atoms with Gasteiger partial charge < -0.3 is 9.63 Å². The van der Waals surface area contributed by atoms with Crippen molar-refractivity contribution in [3.63, 3.8) is 0 Å². The first-order valence-electron chi connectivity index (χ1n) is 5.40. The molecule has 96 valence electrons. The number of rotatable bonds is 5. The molecule has 1 aromatic rings. The van der Waals surface area contributed by atoms with Crippen LogP contribution in [-0.2, 0) is 4.79 Å². The summed E-state index contributed by atoms with van der Waals surface area (Å²) in [5.74, 6) is 0.136. The van der Waals surface area contributed by atoms with Crippen LogP contribution in [0.15, 0.2) is 10.6 Å². The molecular weight excluding hydrogens is 222 g/mol. The Morgan fingerprint density at radius 3 is 2.76 bits per heavy atom. The van der Waals surface area contributed by atoms with Gasteiger partial charge in [-0.3, -0.25) is 15.0 Å². The number of carbonyl (C=O) groups is 1. The summed E-state index contributed by atoms with van der Waals surface area (Å²) in [5, 5.41) is 15.8. The van der Waals surface area contributed by atoms with Crippen molar-refractivity contribution >= 4 is 11.8 Å². The van der Waals surface area contributed by atoms with Crippen LogP contribution in [-0.4, -0.2) is 46.8 Å². The Morgan fingerprint density at radius 2 is 2.29 bits per heavy atom. The number of hydrogen-bond donors (Lipinski definition) is 2. The molecule has 0 spiro atoms. The van der Waals surface area contributed by atoms with Crippen molar-refractivity contribution in [2.24, 2.45) is 0 Å². The first kappa shape index (κ1) is 13.7. The molecule has 0 fully saturated rings. The minimum Gasteiger partial charge on any atom is -0.389 e. The molecule has 1 rings (SSSR count). The molecule has 1 amide bonds. The molecule has 0 unspecified atom stereocenters. The quantitative estimate of drug-likeness (QED) is 0.790. The van der Waals surface area contributed by atoms with E-state index in [4.69, 9.17) is 4.52 Å². The Bertz CT molecular complexity index is 382. The van der Waals surface area contributed by atoms with Gasteiger partial charge in [-0.25, -0.2) is 0 Å². The highest BCUT2D eigenvalue weighted by atomic mass is 16.5. The van der Waals surface area contributed by atoms with Crippen LogP contribution in [0.1, 0.15) is 19.5 Å². The number of nitrogens with one attached hydrogen (secondary N) is 1. The van der Waals surface area contributed by atoms with Crippen LogP contribution >= 0.6 is 0 Å². The number of aryl methyl sites for hydroxylation is 1. The summed E-state index contributed by atoms with van der Waals surface area (Å²) in [5.41, 5.74) is -0.108. The van der Waals surface area contributed by atoms with Crippen LogP contribution in [0.5, 0.6) is 0 Å². The Labute approximate surface area is 101 Å². The molecule has 0 aliphatic heterocycles. The standard InChI is InChI=1S/C11H19N3O3/c1-8-5-10(17-13-8)12-9(15)6-14(4)7-11(2,3)16/h5,16H,6-7H2,1-4H3,(H,12,15). The molecule has 1 aromatic heterocycles. The van der Waals surface area contributed by atoms with E-state index in [0.29, 0.717) is 18.1 Å². The van der Waals surface area contributed by atoms with Gasteiger partial charge in [0.1, 0.15) is 0 Å². The Hall–Kier alpha value is -1.40. The van der Waals surface area contributed by atoms with Crippen molar-refractivity contribution in [1.82, 2.24) is 10.1 Å². The lowest BCUT2D eigenvalue weighted by molar-refractivity contribution is -0.117. The van der Waals surface area contributed by atoms with E-state index in [0.717, 1.165) is 0 Å². The topological polar surface area (TPSA) is 78.6 Å². The fraction of sp³-hybridized carbons (Fsp3) is 0.636. The molecule has 6 nitrogen and oxygen atoms in total. The molecule has 0 atom stereocenters. The van der Waals surface area contributed by atoms with Crippen LogP contribution < -0.4 is 5.32 Å². The number of likely N-dealkylation sites (N-methyl/N-ethyl adjacent to an activating group) is 1. The summed E-state index contributed by atoms with van der Waals surface area (Å²) in [6.07, 6.45) is 0. The first-order valence-corrected chi connectivity index (χ1v) is 5.40. The fourth-order valence-corrected chi connectivity index (χ4v) is 1.56. The largest absolute Gasteiger partial charge is 0.389 e. The monoisotopic (exact) mass is 241 g/mol. The molecule has 2 N–H and O–H groups in total. The summed E-state index contributed by atoms with van der Waals surface area (Å²) >= 11 is 0. The third-order valence-electron chi connectivity index (χ3n) is 1.96. The normalized spacial score (nSPS) is 11.9. The van der Waals surface area contributed by atoms with Crippen molar-refractivity contribution in [3.05, 3.63) is 11.8 Å². The highest BCUT2D eigenvalue weighted by Gasteiger charge is 2.17. The van der Waals surface area contributed by atoms with E-state index in [9.17, 15) is 9.90 Å². The maximum absolute atomic E-state index is 11.6. The van der Waals surface area contributed by atoms with E-state index in [1.54, 1.807) is 38.8 Å². The van der Waals surface area contributed by atoms with Crippen LogP contribution in [0.3, 0.4) is 0 Å². The number of amides is 1. The van der Waals surface area contributed by atoms with Gasteiger partial charge in [0.2, 0.25) is 11.8 Å². The molecular formula is C11H19N3O3. The van der Waals surface area contributed by atoms with Gasteiger partial charge in [-0.1, -0.05) is 5.16 Å². The number of anilines is 1. The van der Waals surface area contributed by atoms with Crippen molar-refractivity contribution in [2.45, 2.75) is 26.4 Å². The van der Waals surface area contributed by atoms with E-state index in [2.05, 4.69) is 10.5 Å². The number of hydrogen-bond acceptors (Lipinski definition) is 5. The Kier molecular flexibility index (Phi) is 4.25. The van der Waals surface area contributed by atoms with Crippen molar-refractivity contribution in [3.8, 4) is 0 Å². The Morgan fingerprint density at radius 1 is 1.65 bits per heavy atom. The second kappa shape index (κ2) is 5.29. The van der Waals surface area contributed by atoms with E-state index >= 15 is 0 Å². The van der Waals surface area contributed by atoms with Crippen molar-refractivity contribution in [2.75, 3.05) is 25.5 Å². The van der Waals surface area contributed by atoms with Crippen LogP contribution in [0, 0.1) is 6.92 Å². The molecule has 0 bridgehead atoms. The highest BCUT2D eigenvalue weighted by molar-refractivity contribution is 5.90. The molecule has 0 aromatic carbocycles. The third-order valence-corrected chi connectivity index (χ3v) is 1.96. The average molecular weight is 241 g/mol. The second-order valence-corrected chi connectivity index (χ2v) is 4.87. The number of carbonyl (C=O) groups excluding carboxylic acids is 1. The lowest BCUT2D eigenvalue weighted by Crippen LogP contribution is -2.40. The van der Waals surface area contributed by atoms with E-state index in [-0.39, 0.29) is 12.5 Å². The predicted octanol–water partition coefficient (Wildman–Crippen LogP) is 0.624. The van der Waals surface area contributed by atoms with Gasteiger partial charge in [-0.2, -0.15) is 0 Å². The minimum atomic E-state index is -0.822. The lowest BCUT2D eigenvalue weighted by Gasteiger charge is -2.24. The van der Waals surface area contributed by atoms with Gasteiger partial charge in [-0.15, -0.1) is 0 Å². The summed E-state index contributed by atoms with van der Waals surface area (Å²) in [7, 11) is 1.77. The second-order valence-electron chi connectivity index (χ2n) is 4.87. The fourth-order valence-electron chi connectivity index (χ4n) is 1.56. The van der Waals surface area contributed by atoms with E-state index in [1.807, 2.05) is 0 Å². The van der Waals surface area contributed by atoms with Crippen LogP contribution in [0.2, 0.25) is 0 Å². The lowest BCUT2D eigenvalue weighted by atomic mass is 10.1. The zero-order chi connectivity index (χ0) is 13.1. The number of aliphatic hydroxyl groups is 1. The zero-order valence-corrected chi connectivity index (χ0v) is 10.6. The van der Waals surface area contributed by atoms with Crippen LogP contribution in [0.4, 0.5) is 5.88 Å². The third kappa shape index (κ3) is 5.46. The van der Waals surface area contributed by atoms with Crippen molar-refractivity contribution < 1.29 is 14.4 Å². The predicted molar refractivity (Wildman–Crippen MR) is 63.7 cm³/mol. The van der Waals surface area contributed by atoms with Gasteiger partial charge in [0.05, 0.1) is 17.8 Å². The molecule has 0 radical (unpaired) electrons. The average Bonchev–Trinajstić information content (AvgIpc) is 2.46. The molecule has 17 heavy (non-hydrogen) atoms. The molecule has 0 saturated heterocycles. The molecule has 0 saturated carbocycles. The highest BCUT2D eigenvalue weighted by Crippen LogP contribution is 2.08. The smallest absolute Gasteiger partial charge is 0.240 e. The van der Waals surface area contributed by atoms with Gasteiger partial charge in [0.15, 0.2) is 0 Å². The molecule has 6 heteroatoms. The SMILES string of the molecule is Cc1cc(NC(=O)CN(C)CC(C)(C)O)on1. The van der Waals surface area contributed by atoms with Gasteiger partial charge >= 0.3 is 0 Å². The molecule has 0 aliphatic rings. The summed E-state index contributed by atoms with van der Waals surface area (Å²) in [6.45, 7) is 5.77. The number of nitrogens with zero attached hydrogens (tertiary/aromatic N) is 2. The molecule has 1 heterocycles. The van der Waals surface area contributed by atoms with Gasteiger partial charge in [0.25, 0.3) is 0 Å². The number of aromatic nitrogens is 1. The van der Waals surface area contributed by atoms with E-state index < -0.39 is 5.60 Å². The van der Waals surface area contributed by atoms with Crippen LogP contribution in [0.25, 0.3) is 0 Å². The van der Waals surface area contributed by atoms with Crippen molar-refractivity contribution in [1.29, 1.82) is 0 Å². The summed E-state index contributed by atoms with van der Waals surface area (Å²) in [6, 6.07) is 1.65. The minimum absolute atomic E-state index is 0.184.